The Morgan fingerprint density at radius 3 is 2.47 bits per heavy atom. The number of ether oxygens (including phenoxy) is 1. The molecular weight excluding hydrogens is 406 g/mol. The molecule has 8 heteroatoms. The Hall–Kier alpha value is -3.94. The maximum Gasteiger partial charge on any atom is 0.280 e. The maximum absolute atomic E-state index is 12.8. The minimum Gasteiger partial charge on any atom is -0.489 e. The van der Waals surface area contributed by atoms with Crippen molar-refractivity contribution < 1.29 is 14.1 Å². The van der Waals surface area contributed by atoms with E-state index in [9.17, 15) is 4.79 Å². The number of aromatic nitrogens is 4. The van der Waals surface area contributed by atoms with E-state index in [1.54, 1.807) is 17.9 Å². The van der Waals surface area contributed by atoms with Gasteiger partial charge < -0.3 is 9.26 Å². The SMILES string of the molecule is Cc1ccc(Cn2cnc(NC(=O)c3noc(C)c3COc3cc(C)cc(C)c3)n2)cc1. The summed E-state index contributed by atoms with van der Waals surface area (Å²) in [5.74, 6) is 1.00. The van der Waals surface area contributed by atoms with Crippen molar-refractivity contribution in [2.75, 3.05) is 5.32 Å². The molecule has 0 aliphatic carbocycles. The molecule has 0 fully saturated rings. The lowest BCUT2D eigenvalue weighted by atomic mass is 10.1. The average molecular weight is 431 g/mol. The van der Waals surface area contributed by atoms with Crippen LogP contribution in [-0.4, -0.2) is 25.8 Å². The van der Waals surface area contributed by atoms with Crippen molar-refractivity contribution in [2.24, 2.45) is 0 Å². The fraction of sp³-hybridized carbons (Fsp3) is 0.250. The van der Waals surface area contributed by atoms with E-state index in [2.05, 4.69) is 26.6 Å². The van der Waals surface area contributed by atoms with Crippen LogP contribution in [0.3, 0.4) is 0 Å². The Labute approximate surface area is 186 Å². The van der Waals surface area contributed by atoms with Crippen molar-refractivity contribution >= 4 is 11.9 Å². The zero-order valence-electron chi connectivity index (χ0n) is 18.5. The van der Waals surface area contributed by atoms with E-state index in [4.69, 9.17) is 9.26 Å². The summed E-state index contributed by atoms with van der Waals surface area (Å²) >= 11 is 0. The summed E-state index contributed by atoms with van der Waals surface area (Å²) in [7, 11) is 0. The van der Waals surface area contributed by atoms with Crippen LogP contribution in [0.2, 0.25) is 0 Å². The van der Waals surface area contributed by atoms with Gasteiger partial charge in [-0.3, -0.25) is 10.1 Å². The quantitative estimate of drug-likeness (QED) is 0.467. The minimum absolute atomic E-state index is 0.154. The van der Waals surface area contributed by atoms with Gasteiger partial charge in [0, 0.05) is 0 Å². The number of benzene rings is 2. The highest BCUT2D eigenvalue weighted by Gasteiger charge is 2.21. The highest BCUT2D eigenvalue weighted by Crippen LogP contribution is 2.21. The molecule has 4 aromatic rings. The Bertz CT molecular complexity index is 1220. The van der Waals surface area contributed by atoms with E-state index < -0.39 is 5.91 Å². The second kappa shape index (κ2) is 9.05. The number of nitrogens with one attached hydrogen (secondary N) is 1. The van der Waals surface area contributed by atoms with Crippen LogP contribution in [0.15, 0.2) is 53.3 Å². The van der Waals surface area contributed by atoms with Gasteiger partial charge in [-0.25, -0.2) is 9.67 Å². The van der Waals surface area contributed by atoms with Crippen LogP contribution >= 0.6 is 0 Å². The predicted octanol–water partition coefficient (Wildman–Crippen LogP) is 4.38. The number of amides is 1. The third kappa shape index (κ3) is 5.03. The highest BCUT2D eigenvalue weighted by molar-refractivity contribution is 6.02. The van der Waals surface area contributed by atoms with Crippen molar-refractivity contribution in [1.82, 2.24) is 19.9 Å². The topological polar surface area (TPSA) is 95.1 Å². The fourth-order valence-corrected chi connectivity index (χ4v) is 3.38. The lowest BCUT2D eigenvalue weighted by molar-refractivity contribution is 0.101. The Balaban J connectivity index is 1.43. The molecule has 2 heterocycles. The number of aryl methyl sites for hydroxylation is 4. The third-order valence-corrected chi connectivity index (χ3v) is 5.01. The summed E-state index contributed by atoms with van der Waals surface area (Å²) in [5, 5.41) is 10.9. The molecular formula is C24H25N5O3. The molecule has 0 bridgehead atoms. The average Bonchev–Trinajstić information content (AvgIpc) is 3.33. The van der Waals surface area contributed by atoms with Gasteiger partial charge in [0.15, 0.2) is 5.69 Å². The molecule has 2 aromatic carbocycles. The standard InChI is InChI=1S/C24H25N5O3/c1-15-5-7-19(8-6-15)12-29-14-25-24(27-29)26-23(30)22-21(18(4)32-28-22)13-31-20-10-16(2)9-17(3)11-20/h5-11,14H,12-13H2,1-4H3,(H,26,27,30). The number of nitrogens with zero attached hydrogens (tertiary/aromatic N) is 4. The van der Waals surface area contributed by atoms with E-state index in [0.29, 0.717) is 17.9 Å². The van der Waals surface area contributed by atoms with Gasteiger partial charge in [0.2, 0.25) is 5.95 Å². The van der Waals surface area contributed by atoms with Crippen molar-refractivity contribution in [1.29, 1.82) is 0 Å². The van der Waals surface area contributed by atoms with E-state index in [-0.39, 0.29) is 18.2 Å². The molecule has 1 amide bonds. The predicted molar refractivity (Wildman–Crippen MR) is 120 cm³/mol. The van der Waals surface area contributed by atoms with Crippen molar-refractivity contribution in [2.45, 2.75) is 40.8 Å². The second-order valence-electron chi connectivity index (χ2n) is 7.88. The summed E-state index contributed by atoms with van der Waals surface area (Å²) in [6, 6.07) is 14.1. The molecule has 32 heavy (non-hydrogen) atoms. The minimum atomic E-state index is -0.450. The molecule has 0 unspecified atom stereocenters. The van der Waals surface area contributed by atoms with Gasteiger partial charge in [-0.15, -0.1) is 5.10 Å². The molecule has 1 N–H and O–H groups in total. The molecule has 0 saturated heterocycles. The molecule has 4 rings (SSSR count). The Morgan fingerprint density at radius 2 is 1.75 bits per heavy atom. The van der Waals surface area contributed by atoms with E-state index in [1.165, 1.54) is 5.56 Å². The third-order valence-electron chi connectivity index (χ3n) is 5.01. The van der Waals surface area contributed by atoms with E-state index >= 15 is 0 Å². The number of hydrogen-bond donors (Lipinski definition) is 1. The summed E-state index contributed by atoms with van der Waals surface area (Å²) in [6.45, 7) is 8.53. The molecule has 2 aromatic heterocycles. The van der Waals surface area contributed by atoms with Crippen LogP contribution in [-0.2, 0) is 13.2 Å². The molecule has 8 nitrogen and oxygen atoms in total. The zero-order valence-corrected chi connectivity index (χ0v) is 18.5. The molecule has 0 spiro atoms. The van der Waals surface area contributed by atoms with E-state index in [0.717, 1.165) is 22.4 Å². The first kappa shape index (κ1) is 21.3. The Kier molecular flexibility index (Phi) is 6.02. The molecule has 0 aliphatic rings. The first-order valence-corrected chi connectivity index (χ1v) is 10.3. The Morgan fingerprint density at radius 1 is 1.03 bits per heavy atom. The second-order valence-corrected chi connectivity index (χ2v) is 7.88. The van der Waals surface area contributed by atoms with Gasteiger partial charge in [-0.05, 0) is 56.5 Å². The van der Waals surface area contributed by atoms with E-state index in [1.807, 2.05) is 57.2 Å². The maximum atomic E-state index is 12.8. The lowest BCUT2D eigenvalue weighted by Gasteiger charge is -2.08. The van der Waals surface area contributed by atoms with Crippen molar-refractivity contribution in [3.05, 3.63) is 88.1 Å². The number of carbonyl (C=O) groups is 1. The first-order valence-electron chi connectivity index (χ1n) is 10.3. The summed E-state index contributed by atoms with van der Waals surface area (Å²) in [4.78, 5) is 17.0. The summed E-state index contributed by atoms with van der Waals surface area (Å²) in [6.07, 6.45) is 1.58. The van der Waals surface area contributed by atoms with Crippen molar-refractivity contribution in [3.8, 4) is 5.75 Å². The number of anilines is 1. The molecule has 0 saturated carbocycles. The van der Waals surface area contributed by atoms with Crippen LogP contribution in [0.4, 0.5) is 5.95 Å². The van der Waals surface area contributed by atoms with Gasteiger partial charge in [0.05, 0.1) is 12.1 Å². The number of hydrogen-bond acceptors (Lipinski definition) is 6. The number of carbonyl (C=O) groups excluding carboxylic acids is 1. The van der Waals surface area contributed by atoms with Gasteiger partial charge in [-0.1, -0.05) is 41.1 Å². The molecule has 0 aliphatic heterocycles. The van der Waals surface area contributed by atoms with Gasteiger partial charge in [-0.2, -0.15) is 0 Å². The lowest BCUT2D eigenvalue weighted by Crippen LogP contribution is -2.16. The van der Waals surface area contributed by atoms with Crippen LogP contribution in [0.5, 0.6) is 5.75 Å². The van der Waals surface area contributed by atoms with Gasteiger partial charge in [0.25, 0.3) is 5.91 Å². The number of rotatable bonds is 7. The monoisotopic (exact) mass is 431 g/mol. The van der Waals surface area contributed by atoms with Crippen LogP contribution in [0.1, 0.15) is 44.1 Å². The van der Waals surface area contributed by atoms with Crippen LogP contribution in [0, 0.1) is 27.7 Å². The zero-order chi connectivity index (χ0) is 22.7. The summed E-state index contributed by atoms with van der Waals surface area (Å²) in [5.41, 5.74) is 5.24. The van der Waals surface area contributed by atoms with Crippen molar-refractivity contribution in [3.63, 3.8) is 0 Å². The highest BCUT2D eigenvalue weighted by atomic mass is 16.5. The van der Waals surface area contributed by atoms with Gasteiger partial charge in [0.1, 0.15) is 24.4 Å². The molecule has 164 valence electrons. The normalized spacial score (nSPS) is 10.9. The molecule has 0 atom stereocenters. The molecule has 0 radical (unpaired) electrons. The summed E-state index contributed by atoms with van der Waals surface area (Å²) < 4.78 is 12.8. The van der Waals surface area contributed by atoms with Crippen LogP contribution in [0.25, 0.3) is 0 Å². The van der Waals surface area contributed by atoms with Gasteiger partial charge >= 0.3 is 0 Å². The largest absolute Gasteiger partial charge is 0.489 e. The fourth-order valence-electron chi connectivity index (χ4n) is 3.38. The first-order chi connectivity index (χ1) is 15.4. The smallest absolute Gasteiger partial charge is 0.280 e. The van der Waals surface area contributed by atoms with Crippen LogP contribution < -0.4 is 10.1 Å².